The van der Waals surface area contributed by atoms with Crippen LogP contribution in [0.25, 0.3) is 0 Å². The van der Waals surface area contributed by atoms with Gasteiger partial charge >= 0.3 is 0 Å². The van der Waals surface area contributed by atoms with E-state index in [9.17, 15) is 0 Å². The largest absolute Gasteiger partial charge is 0.121 e. The highest BCUT2D eigenvalue weighted by atomic mass is 28.2. The van der Waals surface area contributed by atoms with Crippen molar-refractivity contribution in [1.82, 2.24) is 0 Å². The lowest BCUT2D eigenvalue weighted by atomic mass is 10.2. The van der Waals surface area contributed by atoms with E-state index in [1.54, 1.807) is 0 Å². The first-order valence-corrected chi connectivity index (χ1v) is 9.48. The molecular formula is C20H18Si2. The molecule has 0 aliphatic heterocycles. The van der Waals surface area contributed by atoms with Crippen molar-refractivity contribution in [3.63, 3.8) is 0 Å². The highest BCUT2D eigenvalue weighted by Gasteiger charge is 2.05. The molecule has 0 aliphatic carbocycles. The van der Waals surface area contributed by atoms with Gasteiger partial charge in [0, 0.05) is 0 Å². The molecule has 0 N–H and O–H groups in total. The number of benzene rings is 3. The van der Waals surface area contributed by atoms with Crippen molar-refractivity contribution < 1.29 is 0 Å². The standard InChI is InChI=1S/C20H18Si2/c1-15-8-3-5-12-19(15)21-17-10-7-11-18(14-17)22-20-13-6-4-9-16(20)2/h3-14H,1-2H3. The van der Waals surface area contributed by atoms with E-state index < -0.39 is 0 Å². The van der Waals surface area contributed by atoms with E-state index in [0.717, 1.165) is 19.0 Å². The van der Waals surface area contributed by atoms with Crippen molar-refractivity contribution in [2.75, 3.05) is 0 Å². The highest BCUT2D eigenvalue weighted by molar-refractivity contribution is 6.71. The van der Waals surface area contributed by atoms with Gasteiger partial charge in [-0.25, -0.2) is 0 Å². The lowest BCUT2D eigenvalue weighted by molar-refractivity contribution is 1.51. The maximum absolute atomic E-state index is 2.37. The van der Waals surface area contributed by atoms with Gasteiger partial charge in [-0.3, -0.25) is 0 Å². The molecule has 0 bridgehead atoms. The monoisotopic (exact) mass is 314 g/mol. The summed E-state index contributed by atoms with van der Waals surface area (Å²) >= 11 is 0. The summed E-state index contributed by atoms with van der Waals surface area (Å²) in [6.07, 6.45) is 0. The molecule has 3 aromatic rings. The maximum atomic E-state index is 2.37. The molecule has 106 valence electrons. The fraction of sp³-hybridized carbons (Fsp3) is 0.100. The van der Waals surface area contributed by atoms with E-state index in [2.05, 4.69) is 86.6 Å². The zero-order valence-corrected chi connectivity index (χ0v) is 14.9. The number of hydrogen-bond donors (Lipinski definition) is 0. The van der Waals surface area contributed by atoms with E-state index in [1.165, 1.54) is 31.9 Å². The minimum Gasteiger partial charge on any atom is -0.0639 e. The van der Waals surface area contributed by atoms with Gasteiger partial charge in [0.2, 0.25) is 0 Å². The minimum absolute atomic E-state index is 0.734. The molecule has 0 saturated carbocycles. The first-order chi connectivity index (χ1) is 10.7. The summed E-state index contributed by atoms with van der Waals surface area (Å²) in [5.74, 6) is 0. The first-order valence-electron chi connectivity index (χ1n) is 7.48. The predicted molar refractivity (Wildman–Crippen MR) is 98.8 cm³/mol. The molecular weight excluding hydrogens is 296 g/mol. The summed E-state index contributed by atoms with van der Waals surface area (Å²) in [5, 5.41) is 5.73. The van der Waals surface area contributed by atoms with Gasteiger partial charge in [-0.05, 0) is 13.8 Å². The Labute approximate surface area is 137 Å². The zero-order chi connectivity index (χ0) is 15.4. The maximum Gasteiger partial charge on any atom is 0.121 e. The van der Waals surface area contributed by atoms with Crippen LogP contribution in [0.2, 0.25) is 0 Å². The Balaban J connectivity index is 1.81. The van der Waals surface area contributed by atoms with Gasteiger partial charge in [-0.2, -0.15) is 0 Å². The smallest absolute Gasteiger partial charge is 0.0639 e. The SMILES string of the molecule is Cc1ccccc1[Si]c1cccc([Si]c2ccccc2C)c1. The summed E-state index contributed by atoms with van der Waals surface area (Å²) in [6.45, 7) is 4.39. The molecule has 3 aromatic carbocycles. The van der Waals surface area contributed by atoms with Crippen LogP contribution in [0.5, 0.6) is 0 Å². The van der Waals surface area contributed by atoms with E-state index >= 15 is 0 Å². The Bertz CT molecular complexity index is 715. The van der Waals surface area contributed by atoms with Crippen LogP contribution in [0.3, 0.4) is 0 Å². The van der Waals surface area contributed by atoms with Crippen molar-refractivity contribution in [2.24, 2.45) is 0 Å². The number of hydrogen-bond acceptors (Lipinski definition) is 0. The normalized spacial score (nSPS) is 10.6. The van der Waals surface area contributed by atoms with Gasteiger partial charge in [0.25, 0.3) is 0 Å². The molecule has 0 spiro atoms. The fourth-order valence-electron chi connectivity index (χ4n) is 2.41. The van der Waals surface area contributed by atoms with Gasteiger partial charge in [0.15, 0.2) is 0 Å². The topological polar surface area (TPSA) is 0 Å². The van der Waals surface area contributed by atoms with Gasteiger partial charge in [-0.1, -0.05) is 105 Å². The van der Waals surface area contributed by atoms with Crippen molar-refractivity contribution >= 4 is 39.8 Å². The molecule has 4 radical (unpaired) electrons. The molecule has 0 amide bonds. The molecule has 0 unspecified atom stereocenters. The average molecular weight is 315 g/mol. The molecule has 0 aromatic heterocycles. The Morgan fingerprint density at radius 2 is 1.00 bits per heavy atom. The molecule has 22 heavy (non-hydrogen) atoms. The minimum atomic E-state index is 0.734. The third-order valence-electron chi connectivity index (χ3n) is 3.71. The predicted octanol–water partition coefficient (Wildman–Crippen LogP) is 1.61. The molecule has 0 saturated heterocycles. The quantitative estimate of drug-likeness (QED) is 0.642. The van der Waals surface area contributed by atoms with Crippen LogP contribution >= 0.6 is 0 Å². The number of rotatable bonds is 4. The van der Waals surface area contributed by atoms with Crippen molar-refractivity contribution in [3.05, 3.63) is 83.9 Å². The third kappa shape index (κ3) is 3.64. The van der Waals surface area contributed by atoms with Crippen LogP contribution in [0, 0.1) is 13.8 Å². The molecule has 2 heteroatoms. The zero-order valence-electron chi connectivity index (χ0n) is 12.9. The van der Waals surface area contributed by atoms with Crippen LogP contribution < -0.4 is 20.7 Å². The van der Waals surface area contributed by atoms with Crippen molar-refractivity contribution in [3.8, 4) is 0 Å². The van der Waals surface area contributed by atoms with Crippen molar-refractivity contribution in [1.29, 1.82) is 0 Å². The van der Waals surface area contributed by atoms with Gasteiger partial charge in [-0.15, -0.1) is 0 Å². The summed E-state index contributed by atoms with van der Waals surface area (Å²) in [4.78, 5) is 0. The van der Waals surface area contributed by atoms with Gasteiger partial charge < -0.3 is 0 Å². The van der Waals surface area contributed by atoms with E-state index in [-0.39, 0.29) is 0 Å². The first kappa shape index (κ1) is 15.0. The van der Waals surface area contributed by atoms with Crippen LogP contribution in [0.15, 0.2) is 72.8 Å². The second-order valence-corrected chi connectivity index (χ2v) is 8.19. The Kier molecular flexibility index (Phi) is 4.71. The lowest BCUT2D eigenvalue weighted by Gasteiger charge is -2.08. The van der Waals surface area contributed by atoms with Crippen molar-refractivity contribution in [2.45, 2.75) is 13.8 Å². The van der Waals surface area contributed by atoms with E-state index in [0.29, 0.717) is 0 Å². The second-order valence-electron chi connectivity index (χ2n) is 5.46. The lowest BCUT2D eigenvalue weighted by Crippen LogP contribution is -2.35. The Morgan fingerprint density at radius 3 is 1.45 bits per heavy atom. The Hall–Kier alpha value is -1.91. The van der Waals surface area contributed by atoms with E-state index in [4.69, 9.17) is 0 Å². The van der Waals surface area contributed by atoms with E-state index in [1.807, 2.05) is 0 Å². The number of aryl methyl sites for hydroxylation is 2. The average Bonchev–Trinajstić information content (AvgIpc) is 2.52. The van der Waals surface area contributed by atoms with Gasteiger partial charge in [0.1, 0.15) is 19.0 Å². The van der Waals surface area contributed by atoms with Gasteiger partial charge in [0.05, 0.1) is 0 Å². The summed E-state index contributed by atoms with van der Waals surface area (Å²) in [7, 11) is 1.47. The van der Waals surface area contributed by atoms with Crippen LogP contribution in [-0.4, -0.2) is 19.0 Å². The molecule has 0 nitrogen and oxygen atoms in total. The highest BCUT2D eigenvalue weighted by Crippen LogP contribution is 1.94. The molecule has 0 fully saturated rings. The molecule has 0 heterocycles. The summed E-state index contributed by atoms with van der Waals surface area (Å²) in [6, 6.07) is 26.4. The van der Waals surface area contributed by atoms with Crippen LogP contribution in [0.1, 0.15) is 11.1 Å². The second kappa shape index (κ2) is 6.90. The molecule has 0 aliphatic rings. The Morgan fingerprint density at radius 1 is 0.545 bits per heavy atom. The molecule has 0 atom stereocenters. The fourth-order valence-corrected chi connectivity index (χ4v) is 4.91. The molecule has 3 rings (SSSR count). The summed E-state index contributed by atoms with van der Waals surface area (Å²) in [5.41, 5.74) is 2.76. The van der Waals surface area contributed by atoms with Crippen LogP contribution in [0.4, 0.5) is 0 Å². The third-order valence-corrected chi connectivity index (χ3v) is 6.57. The summed E-state index contributed by atoms with van der Waals surface area (Å²) < 4.78 is 0. The van der Waals surface area contributed by atoms with Crippen LogP contribution in [-0.2, 0) is 0 Å².